The molecule has 2 amide bonds. The highest BCUT2D eigenvalue weighted by molar-refractivity contribution is 6.05. The summed E-state index contributed by atoms with van der Waals surface area (Å²) in [5.74, 6) is -0.747. The van der Waals surface area contributed by atoms with E-state index in [1.54, 1.807) is 62.0 Å². The smallest absolute Gasteiger partial charge is 0.268 e. The zero-order valence-corrected chi connectivity index (χ0v) is 14.2. The van der Waals surface area contributed by atoms with Crippen LogP contribution in [0.1, 0.15) is 22.8 Å². The zero-order chi connectivity index (χ0) is 18.1. The van der Waals surface area contributed by atoms with Gasteiger partial charge in [0.05, 0.1) is 6.61 Å². The van der Waals surface area contributed by atoms with Gasteiger partial charge in [-0.25, -0.2) is 0 Å². The predicted molar refractivity (Wildman–Crippen MR) is 95.6 cm³/mol. The van der Waals surface area contributed by atoms with Gasteiger partial charge >= 0.3 is 0 Å². The topological polar surface area (TPSA) is 80.3 Å². The first-order valence-corrected chi connectivity index (χ1v) is 7.88. The van der Waals surface area contributed by atoms with Crippen molar-refractivity contribution >= 4 is 17.9 Å². The van der Waals surface area contributed by atoms with Gasteiger partial charge in [0, 0.05) is 31.1 Å². The standard InChI is InChI=1S/C19H21N3O3/c1-14(13-25-2)21-19(24)17(11-15-7-6-10-20-12-15)22-18(23)16-8-4-3-5-9-16/h3-12,14H,13H2,1-2H3,(H,21,24)(H,22,23)/b17-11-/t14-/m1/s1. The van der Waals surface area contributed by atoms with Crippen molar-refractivity contribution in [2.45, 2.75) is 13.0 Å². The number of methoxy groups -OCH3 is 1. The van der Waals surface area contributed by atoms with Gasteiger partial charge in [-0.3, -0.25) is 14.6 Å². The highest BCUT2D eigenvalue weighted by Crippen LogP contribution is 2.06. The number of rotatable bonds is 7. The van der Waals surface area contributed by atoms with Crippen molar-refractivity contribution in [3.8, 4) is 0 Å². The van der Waals surface area contributed by atoms with E-state index < -0.39 is 5.91 Å². The summed E-state index contributed by atoms with van der Waals surface area (Å²) in [4.78, 5) is 28.9. The molecule has 0 unspecified atom stereocenters. The van der Waals surface area contributed by atoms with E-state index in [-0.39, 0.29) is 17.6 Å². The monoisotopic (exact) mass is 339 g/mol. The SMILES string of the molecule is COC[C@@H](C)NC(=O)/C(=C/c1cccnc1)NC(=O)c1ccccc1. The summed E-state index contributed by atoms with van der Waals surface area (Å²) < 4.78 is 5.02. The number of ether oxygens (including phenoxy) is 1. The van der Waals surface area contributed by atoms with Gasteiger partial charge < -0.3 is 15.4 Å². The number of nitrogens with one attached hydrogen (secondary N) is 2. The maximum atomic E-state index is 12.5. The summed E-state index contributed by atoms with van der Waals surface area (Å²) in [5.41, 5.74) is 1.32. The number of amides is 2. The summed E-state index contributed by atoms with van der Waals surface area (Å²) in [6, 6.07) is 12.1. The molecule has 2 N–H and O–H groups in total. The van der Waals surface area contributed by atoms with Crippen molar-refractivity contribution in [1.29, 1.82) is 0 Å². The van der Waals surface area contributed by atoms with Crippen LogP contribution >= 0.6 is 0 Å². The average Bonchev–Trinajstić information content (AvgIpc) is 2.63. The molecule has 2 rings (SSSR count). The predicted octanol–water partition coefficient (Wildman–Crippen LogP) is 2.00. The molecule has 6 nitrogen and oxygen atoms in total. The third-order valence-corrected chi connectivity index (χ3v) is 3.32. The summed E-state index contributed by atoms with van der Waals surface area (Å²) in [5, 5.41) is 5.46. The van der Waals surface area contributed by atoms with Crippen LogP contribution in [0.15, 0.2) is 60.6 Å². The number of carbonyl (C=O) groups is 2. The van der Waals surface area contributed by atoms with Gasteiger partial charge in [-0.05, 0) is 36.8 Å². The summed E-state index contributed by atoms with van der Waals surface area (Å²) in [7, 11) is 1.56. The lowest BCUT2D eigenvalue weighted by Crippen LogP contribution is -2.41. The minimum atomic E-state index is -0.391. The second kappa shape index (κ2) is 9.34. The van der Waals surface area contributed by atoms with Crippen LogP contribution in [0.25, 0.3) is 6.08 Å². The van der Waals surface area contributed by atoms with Crippen molar-refractivity contribution in [1.82, 2.24) is 15.6 Å². The Morgan fingerprint density at radius 1 is 1.20 bits per heavy atom. The maximum Gasteiger partial charge on any atom is 0.268 e. The molecule has 0 radical (unpaired) electrons. The molecule has 1 aromatic heterocycles. The van der Waals surface area contributed by atoms with E-state index in [4.69, 9.17) is 4.74 Å². The van der Waals surface area contributed by atoms with Crippen LogP contribution in [0.3, 0.4) is 0 Å². The number of nitrogens with zero attached hydrogens (tertiary/aromatic N) is 1. The van der Waals surface area contributed by atoms with Gasteiger partial charge in [0.15, 0.2) is 0 Å². The summed E-state index contributed by atoms with van der Waals surface area (Å²) in [6.45, 7) is 2.20. The highest BCUT2D eigenvalue weighted by atomic mass is 16.5. The van der Waals surface area contributed by atoms with Crippen LogP contribution < -0.4 is 10.6 Å². The molecule has 0 aliphatic rings. The van der Waals surface area contributed by atoms with Crippen molar-refractivity contribution in [3.05, 3.63) is 71.7 Å². The number of aromatic nitrogens is 1. The molecular formula is C19H21N3O3. The van der Waals surface area contributed by atoms with E-state index >= 15 is 0 Å². The molecule has 1 heterocycles. The first kappa shape index (κ1) is 18.4. The van der Waals surface area contributed by atoms with Gasteiger partial charge in [-0.1, -0.05) is 24.3 Å². The molecule has 2 aromatic rings. The molecule has 0 spiro atoms. The molecule has 6 heteroatoms. The van der Waals surface area contributed by atoms with Gasteiger partial charge in [-0.2, -0.15) is 0 Å². The summed E-state index contributed by atoms with van der Waals surface area (Å²) in [6.07, 6.45) is 4.84. The van der Waals surface area contributed by atoms with E-state index in [0.29, 0.717) is 17.7 Å². The molecule has 0 aliphatic carbocycles. The largest absolute Gasteiger partial charge is 0.383 e. The average molecular weight is 339 g/mol. The first-order valence-electron chi connectivity index (χ1n) is 7.88. The van der Waals surface area contributed by atoms with Gasteiger partial charge in [-0.15, -0.1) is 0 Å². The van der Waals surface area contributed by atoms with Gasteiger partial charge in [0.25, 0.3) is 11.8 Å². The Balaban J connectivity index is 2.21. The Labute approximate surface area is 146 Å². The van der Waals surface area contributed by atoms with E-state index in [2.05, 4.69) is 15.6 Å². The van der Waals surface area contributed by atoms with Crippen LogP contribution in [-0.4, -0.2) is 36.6 Å². The first-order chi connectivity index (χ1) is 12.1. The molecule has 0 aliphatic heterocycles. The number of hydrogen-bond acceptors (Lipinski definition) is 4. The number of carbonyl (C=O) groups excluding carboxylic acids is 2. The number of benzene rings is 1. The van der Waals surface area contributed by atoms with E-state index in [0.717, 1.165) is 0 Å². The Kier molecular flexibility index (Phi) is 6.86. The molecule has 130 valence electrons. The zero-order valence-electron chi connectivity index (χ0n) is 14.2. The van der Waals surface area contributed by atoms with Crippen molar-refractivity contribution < 1.29 is 14.3 Å². The van der Waals surface area contributed by atoms with Crippen molar-refractivity contribution in [2.24, 2.45) is 0 Å². The molecule has 0 saturated carbocycles. The maximum absolute atomic E-state index is 12.5. The fraction of sp³-hybridized carbons (Fsp3) is 0.211. The van der Waals surface area contributed by atoms with Crippen molar-refractivity contribution in [2.75, 3.05) is 13.7 Å². The lowest BCUT2D eigenvalue weighted by Gasteiger charge is -2.15. The minimum absolute atomic E-state index is 0.143. The summed E-state index contributed by atoms with van der Waals surface area (Å²) >= 11 is 0. The molecular weight excluding hydrogens is 318 g/mol. The fourth-order valence-electron chi connectivity index (χ4n) is 2.16. The lowest BCUT2D eigenvalue weighted by molar-refractivity contribution is -0.118. The van der Waals surface area contributed by atoms with E-state index in [1.165, 1.54) is 0 Å². The quantitative estimate of drug-likeness (QED) is 0.756. The normalized spacial score (nSPS) is 12.3. The highest BCUT2D eigenvalue weighted by Gasteiger charge is 2.16. The van der Waals surface area contributed by atoms with Gasteiger partial charge in [0.1, 0.15) is 5.70 Å². The Morgan fingerprint density at radius 2 is 1.96 bits per heavy atom. The molecule has 25 heavy (non-hydrogen) atoms. The number of pyridine rings is 1. The minimum Gasteiger partial charge on any atom is -0.383 e. The second-order valence-corrected chi connectivity index (χ2v) is 5.49. The van der Waals surface area contributed by atoms with E-state index in [9.17, 15) is 9.59 Å². The molecule has 0 bridgehead atoms. The fourth-order valence-corrected chi connectivity index (χ4v) is 2.16. The van der Waals surface area contributed by atoms with Crippen molar-refractivity contribution in [3.63, 3.8) is 0 Å². The molecule has 0 saturated heterocycles. The number of hydrogen-bond donors (Lipinski definition) is 2. The Hall–Kier alpha value is -2.99. The van der Waals surface area contributed by atoms with Gasteiger partial charge in [0.2, 0.25) is 0 Å². The third kappa shape index (κ3) is 5.86. The van der Waals surface area contributed by atoms with Crippen LogP contribution in [-0.2, 0) is 9.53 Å². The van der Waals surface area contributed by atoms with Crippen LogP contribution in [0.5, 0.6) is 0 Å². The van der Waals surface area contributed by atoms with E-state index in [1.807, 2.05) is 13.0 Å². The lowest BCUT2D eigenvalue weighted by atomic mass is 10.2. The Morgan fingerprint density at radius 3 is 2.60 bits per heavy atom. The van der Waals surface area contributed by atoms with Crippen LogP contribution in [0.2, 0.25) is 0 Å². The second-order valence-electron chi connectivity index (χ2n) is 5.49. The van der Waals surface area contributed by atoms with Crippen LogP contribution in [0, 0.1) is 0 Å². The Bertz CT molecular complexity index is 730. The molecule has 1 aromatic carbocycles. The van der Waals surface area contributed by atoms with Crippen LogP contribution in [0.4, 0.5) is 0 Å². The molecule has 1 atom stereocenters. The molecule has 0 fully saturated rings. The third-order valence-electron chi connectivity index (χ3n) is 3.32.